The zero-order valence-electron chi connectivity index (χ0n) is 9.14. The summed E-state index contributed by atoms with van der Waals surface area (Å²) in [5, 5.41) is 0. The van der Waals surface area contributed by atoms with Crippen molar-refractivity contribution in [2.45, 2.75) is 23.3 Å². The van der Waals surface area contributed by atoms with Gasteiger partial charge in [0.05, 0.1) is 4.90 Å². The van der Waals surface area contributed by atoms with Gasteiger partial charge in [0.15, 0.2) is 0 Å². The lowest BCUT2D eigenvalue weighted by molar-refractivity contribution is 0.560. The SMILES string of the molecule is CSCC1(NS(=O)(=O)c2ccccc2)CC1. The van der Waals surface area contributed by atoms with Gasteiger partial charge in [-0.25, -0.2) is 13.1 Å². The Hall–Kier alpha value is -0.520. The Morgan fingerprint density at radius 2 is 1.94 bits per heavy atom. The molecule has 1 saturated carbocycles. The number of rotatable bonds is 5. The summed E-state index contributed by atoms with van der Waals surface area (Å²) in [4.78, 5) is 0.349. The molecule has 88 valence electrons. The standard InChI is InChI=1S/C11H15NO2S2/c1-15-9-11(7-8-11)12-16(13,14)10-5-3-2-4-6-10/h2-6,12H,7-9H2,1H3. The van der Waals surface area contributed by atoms with Gasteiger partial charge in [0, 0.05) is 11.3 Å². The summed E-state index contributed by atoms with van der Waals surface area (Å²) >= 11 is 1.68. The molecule has 1 aliphatic rings. The second-order valence-electron chi connectivity index (χ2n) is 4.13. The second-order valence-corrected chi connectivity index (χ2v) is 6.68. The fourth-order valence-corrected chi connectivity index (χ4v) is 4.13. The Balaban J connectivity index is 2.16. The lowest BCUT2D eigenvalue weighted by atomic mass is 10.4. The molecule has 0 aliphatic heterocycles. The number of benzene rings is 1. The molecule has 0 saturated heterocycles. The molecular weight excluding hydrogens is 242 g/mol. The average Bonchev–Trinajstić information content (AvgIpc) is 2.99. The van der Waals surface area contributed by atoms with E-state index >= 15 is 0 Å². The van der Waals surface area contributed by atoms with Gasteiger partial charge in [0.2, 0.25) is 10.0 Å². The van der Waals surface area contributed by atoms with Crippen LogP contribution < -0.4 is 4.72 Å². The molecule has 1 fully saturated rings. The molecule has 16 heavy (non-hydrogen) atoms. The molecule has 5 heteroatoms. The van der Waals surface area contributed by atoms with Crippen LogP contribution in [0.5, 0.6) is 0 Å². The van der Waals surface area contributed by atoms with Crippen molar-refractivity contribution in [3.05, 3.63) is 30.3 Å². The molecule has 0 heterocycles. The second kappa shape index (κ2) is 4.39. The molecule has 0 amide bonds. The van der Waals surface area contributed by atoms with E-state index in [4.69, 9.17) is 0 Å². The third-order valence-electron chi connectivity index (χ3n) is 2.68. The van der Waals surface area contributed by atoms with Crippen molar-refractivity contribution >= 4 is 21.8 Å². The first-order valence-electron chi connectivity index (χ1n) is 5.16. The Labute approximate surface area is 101 Å². The Morgan fingerprint density at radius 3 is 2.44 bits per heavy atom. The van der Waals surface area contributed by atoms with Crippen LogP contribution >= 0.6 is 11.8 Å². The molecule has 1 aliphatic carbocycles. The van der Waals surface area contributed by atoms with E-state index in [9.17, 15) is 8.42 Å². The number of sulfonamides is 1. The number of nitrogens with one attached hydrogen (secondary N) is 1. The third-order valence-corrected chi connectivity index (χ3v) is 5.11. The van der Waals surface area contributed by atoms with Crippen LogP contribution in [0.1, 0.15) is 12.8 Å². The Kier molecular flexibility index (Phi) is 3.28. The molecule has 0 unspecified atom stereocenters. The van der Waals surface area contributed by atoms with Gasteiger partial charge in [-0.15, -0.1) is 0 Å². The summed E-state index contributed by atoms with van der Waals surface area (Å²) in [5.74, 6) is 0.846. The van der Waals surface area contributed by atoms with Crippen molar-refractivity contribution in [1.82, 2.24) is 4.72 Å². The quantitative estimate of drug-likeness (QED) is 0.876. The lowest BCUT2D eigenvalue weighted by Gasteiger charge is -2.16. The van der Waals surface area contributed by atoms with Crippen LogP contribution in [0.15, 0.2) is 35.2 Å². The first-order valence-corrected chi connectivity index (χ1v) is 8.04. The van der Waals surface area contributed by atoms with E-state index in [1.54, 1.807) is 36.0 Å². The van der Waals surface area contributed by atoms with Crippen LogP contribution in [0.25, 0.3) is 0 Å². The smallest absolute Gasteiger partial charge is 0.207 e. The van der Waals surface area contributed by atoms with E-state index in [2.05, 4.69) is 4.72 Å². The highest BCUT2D eigenvalue weighted by Gasteiger charge is 2.45. The average molecular weight is 257 g/mol. The molecular formula is C11H15NO2S2. The highest BCUT2D eigenvalue weighted by atomic mass is 32.2. The van der Waals surface area contributed by atoms with Gasteiger partial charge in [0.25, 0.3) is 0 Å². The first kappa shape index (κ1) is 12.0. The zero-order chi connectivity index (χ0) is 11.6. The first-order chi connectivity index (χ1) is 7.58. The van der Waals surface area contributed by atoms with Gasteiger partial charge in [-0.05, 0) is 31.2 Å². The van der Waals surface area contributed by atoms with Gasteiger partial charge in [-0.2, -0.15) is 11.8 Å². The Bertz CT molecular complexity index is 452. The van der Waals surface area contributed by atoms with Crippen LogP contribution in [0.4, 0.5) is 0 Å². The molecule has 1 N–H and O–H groups in total. The van der Waals surface area contributed by atoms with Gasteiger partial charge >= 0.3 is 0 Å². The van der Waals surface area contributed by atoms with Crippen molar-refractivity contribution in [2.24, 2.45) is 0 Å². The van der Waals surface area contributed by atoms with Crippen molar-refractivity contribution in [3.8, 4) is 0 Å². The lowest BCUT2D eigenvalue weighted by Crippen LogP contribution is -2.38. The van der Waals surface area contributed by atoms with Crippen LogP contribution in [0, 0.1) is 0 Å². The van der Waals surface area contributed by atoms with Crippen molar-refractivity contribution < 1.29 is 8.42 Å². The predicted molar refractivity (Wildman–Crippen MR) is 67.1 cm³/mol. The minimum absolute atomic E-state index is 0.186. The summed E-state index contributed by atoms with van der Waals surface area (Å²) in [5.41, 5.74) is -0.186. The zero-order valence-corrected chi connectivity index (χ0v) is 10.8. The normalized spacial score (nSPS) is 18.3. The largest absolute Gasteiger partial charge is 0.241 e. The summed E-state index contributed by atoms with van der Waals surface area (Å²) in [6.07, 6.45) is 3.89. The molecule has 2 rings (SSSR count). The number of hydrogen-bond acceptors (Lipinski definition) is 3. The maximum atomic E-state index is 12.0. The van der Waals surface area contributed by atoms with E-state index in [-0.39, 0.29) is 5.54 Å². The molecule has 0 spiro atoms. The van der Waals surface area contributed by atoms with E-state index < -0.39 is 10.0 Å². The van der Waals surface area contributed by atoms with Crippen LogP contribution in [-0.2, 0) is 10.0 Å². The number of thioether (sulfide) groups is 1. The van der Waals surface area contributed by atoms with Crippen LogP contribution in [0.2, 0.25) is 0 Å². The topological polar surface area (TPSA) is 46.2 Å². The fraction of sp³-hybridized carbons (Fsp3) is 0.455. The highest BCUT2D eigenvalue weighted by Crippen LogP contribution is 2.39. The minimum Gasteiger partial charge on any atom is -0.207 e. The monoisotopic (exact) mass is 257 g/mol. The summed E-state index contributed by atoms with van der Waals surface area (Å²) in [6.45, 7) is 0. The summed E-state index contributed by atoms with van der Waals surface area (Å²) < 4.78 is 26.9. The third kappa shape index (κ3) is 2.59. The van der Waals surface area contributed by atoms with Crippen molar-refractivity contribution in [3.63, 3.8) is 0 Å². The molecule has 0 bridgehead atoms. The summed E-state index contributed by atoms with van der Waals surface area (Å²) in [6, 6.07) is 8.54. The van der Waals surface area contributed by atoms with E-state index in [0.717, 1.165) is 18.6 Å². The maximum Gasteiger partial charge on any atom is 0.241 e. The molecule has 1 aromatic carbocycles. The Morgan fingerprint density at radius 1 is 1.31 bits per heavy atom. The van der Waals surface area contributed by atoms with Crippen molar-refractivity contribution in [1.29, 1.82) is 0 Å². The van der Waals surface area contributed by atoms with E-state index in [1.165, 1.54) is 0 Å². The number of hydrogen-bond donors (Lipinski definition) is 1. The minimum atomic E-state index is -3.34. The predicted octanol–water partition coefficient (Wildman–Crippen LogP) is 1.86. The van der Waals surface area contributed by atoms with Gasteiger partial charge in [-0.3, -0.25) is 0 Å². The molecule has 0 aromatic heterocycles. The van der Waals surface area contributed by atoms with Crippen molar-refractivity contribution in [2.75, 3.05) is 12.0 Å². The molecule has 1 aromatic rings. The summed E-state index contributed by atoms with van der Waals surface area (Å²) in [7, 11) is -3.34. The van der Waals surface area contributed by atoms with E-state index in [1.807, 2.05) is 12.3 Å². The molecule has 3 nitrogen and oxygen atoms in total. The highest BCUT2D eigenvalue weighted by molar-refractivity contribution is 7.98. The van der Waals surface area contributed by atoms with E-state index in [0.29, 0.717) is 4.90 Å². The van der Waals surface area contributed by atoms with Gasteiger partial charge in [-0.1, -0.05) is 18.2 Å². The van der Waals surface area contributed by atoms with Crippen LogP contribution in [0.3, 0.4) is 0 Å². The van der Waals surface area contributed by atoms with Gasteiger partial charge < -0.3 is 0 Å². The molecule has 0 atom stereocenters. The molecule has 0 radical (unpaired) electrons. The maximum absolute atomic E-state index is 12.0. The fourth-order valence-electron chi connectivity index (χ4n) is 1.65. The van der Waals surface area contributed by atoms with Gasteiger partial charge in [0.1, 0.15) is 0 Å². The van der Waals surface area contributed by atoms with Crippen LogP contribution in [-0.4, -0.2) is 26.0 Å².